The first-order valence-corrected chi connectivity index (χ1v) is 5.67. The molecule has 1 aromatic carbocycles. The second kappa shape index (κ2) is 5.38. The maximum absolute atomic E-state index is 10.9. The molecular weight excluding hydrogens is 248 g/mol. The van der Waals surface area contributed by atoms with E-state index in [1.54, 1.807) is 18.5 Å². The van der Waals surface area contributed by atoms with Crippen LogP contribution in [-0.4, -0.2) is 22.0 Å². The number of aryl methyl sites for hydroxylation is 1. The van der Waals surface area contributed by atoms with Crippen molar-refractivity contribution >= 4 is 11.4 Å². The van der Waals surface area contributed by atoms with Crippen molar-refractivity contribution < 1.29 is 9.66 Å². The molecule has 1 heterocycles. The number of methoxy groups -OCH3 is 1. The Morgan fingerprint density at radius 3 is 2.89 bits per heavy atom. The summed E-state index contributed by atoms with van der Waals surface area (Å²) >= 11 is 0. The van der Waals surface area contributed by atoms with Gasteiger partial charge in [-0.3, -0.25) is 10.1 Å². The summed E-state index contributed by atoms with van der Waals surface area (Å²) in [6, 6.07) is 4.74. The van der Waals surface area contributed by atoms with Gasteiger partial charge >= 0.3 is 5.69 Å². The Balaban J connectivity index is 2.15. The number of hydrogen-bond donors (Lipinski definition) is 2. The number of nitrogens with zero attached hydrogens (tertiary/aromatic N) is 2. The SMILES string of the molecule is COc1ccc(NCc2nc[nH]c2C)cc1[N+](=O)[O-]. The van der Waals surface area contributed by atoms with Crippen LogP contribution in [0.5, 0.6) is 5.75 Å². The maximum Gasteiger partial charge on any atom is 0.312 e. The summed E-state index contributed by atoms with van der Waals surface area (Å²) < 4.78 is 4.94. The van der Waals surface area contributed by atoms with Crippen LogP contribution < -0.4 is 10.1 Å². The van der Waals surface area contributed by atoms with Crippen molar-refractivity contribution in [3.63, 3.8) is 0 Å². The molecule has 0 bridgehead atoms. The number of ether oxygens (including phenoxy) is 1. The van der Waals surface area contributed by atoms with Gasteiger partial charge in [0.1, 0.15) is 0 Å². The number of anilines is 1. The molecule has 2 aromatic rings. The van der Waals surface area contributed by atoms with Crippen LogP contribution in [0.3, 0.4) is 0 Å². The lowest BCUT2D eigenvalue weighted by molar-refractivity contribution is -0.385. The molecule has 0 saturated heterocycles. The van der Waals surface area contributed by atoms with Gasteiger partial charge in [-0.05, 0) is 19.1 Å². The van der Waals surface area contributed by atoms with Gasteiger partial charge in [-0.1, -0.05) is 0 Å². The van der Waals surface area contributed by atoms with Crippen LogP contribution in [0.25, 0.3) is 0 Å². The Hall–Kier alpha value is -2.57. The van der Waals surface area contributed by atoms with Crippen LogP contribution >= 0.6 is 0 Å². The lowest BCUT2D eigenvalue weighted by atomic mass is 10.2. The number of hydrogen-bond acceptors (Lipinski definition) is 5. The van der Waals surface area contributed by atoms with Crippen molar-refractivity contribution in [3.8, 4) is 5.75 Å². The Labute approximate surface area is 109 Å². The number of rotatable bonds is 5. The number of nitro benzene ring substituents is 1. The molecule has 0 aliphatic rings. The minimum absolute atomic E-state index is 0.0637. The molecule has 100 valence electrons. The van der Waals surface area contributed by atoms with E-state index in [-0.39, 0.29) is 11.4 Å². The van der Waals surface area contributed by atoms with Crippen molar-refractivity contribution in [2.45, 2.75) is 13.5 Å². The summed E-state index contributed by atoms with van der Waals surface area (Å²) in [6.07, 6.45) is 1.61. The predicted octanol–water partition coefficient (Wildman–Crippen LogP) is 2.25. The number of nitro groups is 1. The fraction of sp³-hybridized carbons (Fsp3) is 0.250. The lowest BCUT2D eigenvalue weighted by Crippen LogP contribution is -2.02. The van der Waals surface area contributed by atoms with Gasteiger partial charge in [0.2, 0.25) is 0 Å². The molecule has 19 heavy (non-hydrogen) atoms. The lowest BCUT2D eigenvalue weighted by Gasteiger charge is -2.07. The van der Waals surface area contributed by atoms with Crippen molar-refractivity contribution in [1.82, 2.24) is 9.97 Å². The van der Waals surface area contributed by atoms with E-state index >= 15 is 0 Å². The smallest absolute Gasteiger partial charge is 0.312 e. The Bertz CT molecular complexity index is 594. The molecule has 2 rings (SSSR count). The van der Waals surface area contributed by atoms with Gasteiger partial charge in [0.15, 0.2) is 5.75 Å². The largest absolute Gasteiger partial charge is 0.490 e. The Morgan fingerprint density at radius 2 is 2.32 bits per heavy atom. The molecule has 0 amide bonds. The summed E-state index contributed by atoms with van der Waals surface area (Å²) in [6.45, 7) is 2.42. The number of H-pyrrole nitrogens is 1. The molecule has 0 aliphatic carbocycles. The number of aromatic amines is 1. The van der Waals surface area contributed by atoms with Crippen LogP contribution in [0.15, 0.2) is 24.5 Å². The highest BCUT2D eigenvalue weighted by molar-refractivity contribution is 5.58. The third-order valence-electron chi connectivity index (χ3n) is 2.77. The third kappa shape index (κ3) is 2.82. The van der Waals surface area contributed by atoms with Gasteiger partial charge in [-0.25, -0.2) is 4.98 Å². The average molecular weight is 262 g/mol. The van der Waals surface area contributed by atoms with Crippen molar-refractivity contribution in [2.24, 2.45) is 0 Å². The number of nitrogens with one attached hydrogen (secondary N) is 2. The quantitative estimate of drug-likeness (QED) is 0.636. The van der Waals surface area contributed by atoms with E-state index in [4.69, 9.17) is 4.74 Å². The highest BCUT2D eigenvalue weighted by atomic mass is 16.6. The zero-order valence-electron chi connectivity index (χ0n) is 10.6. The van der Waals surface area contributed by atoms with Gasteiger partial charge in [-0.2, -0.15) is 0 Å². The minimum Gasteiger partial charge on any atom is -0.490 e. The van der Waals surface area contributed by atoms with E-state index < -0.39 is 4.92 Å². The van der Waals surface area contributed by atoms with E-state index in [1.165, 1.54) is 13.2 Å². The number of imidazole rings is 1. The predicted molar refractivity (Wildman–Crippen MR) is 70.3 cm³/mol. The second-order valence-electron chi connectivity index (χ2n) is 3.97. The molecule has 0 spiro atoms. The van der Waals surface area contributed by atoms with Crippen LogP contribution in [0.2, 0.25) is 0 Å². The second-order valence-corrected chi connectivity index (χ2v) is 3.97. The summed E-state index contributed by atoms with van der Waals surface area (Å²) in [5.74, 6) is 0.242. The first kappa shape index (κ1) is 12.9. The zero-order chi connectivity index (χ0) is 13.8. The molecule has 7 heteroatoms. The first-order valence-electron chi connectivity index (χ1n) is 5.67. The van der Waals surface area contributed by atoms with Crippen molar-refractivity contribution in [2.75, 3.05) is 12.4 Å². The molecule has 0 atom stereocenters. The van der Waals surface area contributed by atoms with Crippen LogP contribution in [0.1, 0.15) is 11.4 Å². The number of aromatic nitrogens is 2. The van der Waals surface area contributed by atoms with E-state index in [0.717, 1.165) is 11.4 Å². The van der Waals surface area contributed by atoms with Crippen LogP contribution in [0, 0.1) is 17.0 Å². The van der Waals surface area contributed by atoms with Crippen molar-refractivity contribution in [1.29, 1.82) is 0 Å². The maximum atomic E-state index is 10.9. The molecule has 0 unspecified atom stereocenters. The van der Waals surface area contributed by atoms with E-state index in [2.05, 4.69) is 15.3 Å². The molecule has 0 saturated carbocycles. The zero-order valence-corrected chi connectivity index (χ0v) is 10.6. The normalized spacial score (nSPS) is 10.2. The van der Waals surface area contributed by atoms with E-state index in [1.807, 2.05) is 6.92 Å². The molecule has 0 radical (unpaired) electrons. The monoisotopic (exact) mass is 262 g/mol. The summed E-state index contributed by atoms with van der Waals surface area (Å²) in [5.41, 5.74) is 2.43. The number of benzene rings is 1. The highest BCUT2D eigenvalue weighted by Gasteiger charge is 2.15. The van der Waals surface area contributed by atoms with Gasteiger partial charge in [-0.15, -0.1) is 0 Å². The minimum atomic E-state index is -0.468. The van der Waals surface area contributed by atoms with Gasteiger partial charge in [0.25, 0.3) is 0 Å². The molecule has 0 fully saturated rings. The molecule has 7 nitrogen and oxygen atoms in total. The molecule has 1 aromatic heterocycles. The summed E-state index contributed by atoms with van der Waals surface area (Å²) in [7, 11) is 1.41. The van der Waals surface area contributed by atoms with Gasteiger partial charge < -0.3 is 15.0 Å². The van der Waals surface area contributed by atoms with Crippen molar-refractivity contribution in [3.05, 3.63) is 46.0 Å². The van der Waals surface area contributed by atoms with Gasteiger partial charge in [0, 0.05) is 17.4 Å². The van der Waals surface area contributed by atoms with Crippen LogP contribution in [-0.2, 0) is 6.54 Å². The summed E-state index contributed by atoms with van der Waals surface area (Å²) in [5, 5.41) is 14.0. The van der Waals surface area contributed by atoms with E-state index in [0.29, 0.717) is 12.2 Å². The van der Waals surface area contributed by atoms with Crippen LogP contribution in [0.4, 0.5) is 11.4 Å². The standard InChI is InChI=1S/C12H14N4O3/c1-8-10(15-7-14-8)6-13-9-3-4-12(19-2)11(5-9)16(17)18/h3-5,7,13H,6H2,1-2H3,(H,14,15). The van der Waals surface area contributed by atoms with E-state index in [9.17, 15) is 10.1 Å². The first-order chi connectivity index (χ1) is 9.11. The third-order valence-corrected chi connectivity index (χ3v) is 2.77. The Morgan fingerprint density at radius 1 is 1.53 bits per heavy atom. The molecular formula is C12H14N4O3. The fourth-order valence-corrected chi connectivity index (χ4v) is 1.69. The molecule has 2 N–H and O–H groups in total. The van der Waals surface area contributed by atoms with Gasteiger partial charge in [0.05, 0.1) is 30.6 Å². The average Bonchev–Trinajstić information content (AvgIpc) is 2.81. The fourth-order valence-electron chi connectivity index (χ4n) is 1.69. The Kier molecular flexibility index (Phi) is 3.65. The highest BCUT2D eigenvalue weighted by Crippen LogP contribution is 2.29. The topological polar surface area (TPSA) is 93.1 Å². The molecule has 0 aliphatic heterocycles. The summed E-state index contributed by atoms with van der Waals surface area (Å²) in [4.78, 5) is 17.6.